The van der Waals surface area contributed by atoms with Crippen molar-refractivity contribution < 1.29 is 27.9 Å². The van der Waals surface area contributed by atoms with E-state index in [4.69, 9.17) is 5.11 Å². The second-order valence-corrected chi connectivity index (χ2v) is 5.98. The molecule has 8 heteroatoms. The molecular formula is C19H19F3N2O3. The Hall–Kier alpha value is -3.03. The first-order valence-corrected chi connectivity index (χ1v) is 8.23. The molecule has 0 aliphatic carbocycles. The van der Waals surface area contributed by atoms with Crippen LogP contribution < -0.4 is 10.6 Å². The number of halogens is 3. The molecule has 2 aromatic carbocycles. The first kappa shape index (κ1) is 20.3. The van der Waals surface area contributed by atoms with E-state index >= 15 is 0 Å². The highest BCUT2D eigenvalue weighted by atomic mass is 19.4. The number of amides is 2. The quantitative estimate of drug-likeness (QED) is 0.679. The molecule has 0 aliphatic heterocycles. The smallest absolute Gasteiger partial charge is 0.408 e. The zero-order chi connectivity index (χ0) is 19.9. The van der Waals surface area contributed by atoms with Gasteiger partial charge < -0.3 is 15.7 Å². The second kappa shape index (κ2) is 9.07. The van der Waals surface area contributed by atoms with Crippen molar-refractivity contribution in [2.24, 2.45) is 0 Å². The molecule has 0 bridgehead atoms. The van der Waals surface area contributed by atoms with E-state index in [9.17, 15) is 22.8 Å². The molecule has 2 rings (SSSR count). The topological polar surface area (TPSA) is 78.4 Å². The van der Waals surface area contributed by atoms with Crippen molar-refractivity contribution in [1.29, 1.82) is 0 Å². The van der Waals surface area contributed by atoms with Gasteiger partial charge in [-0.25, -0.2) is 4.79 Å². The number of alkyl halides is 3. The number of carboxylic acids is 1. The Balaban J connectivity index is 2.01. The Morgan fingerprint density at radius 2 is 1.67 bits per heavy atom. The Morgan fingerprint density at radius 1 is 1.00 bits per heavy atom. The van der Waals surface area contributed by atoms with Crippen LogP contribution in [0.4, 0.5) is 23.7 Å². The fraction of sp³-hybridized carbons (Fsp3) is 0.263. The molecule has 3 N–H and O–H groups in total. The van der Waals surface area contributed by atoms with E-state index < -0.39 is 24.2 Å². The van der Waals surface area contributed by atoms with E-state index in [1.807, 2.05) is 5.32 Å². The van der Waals surface area contributed by atoms with Crippen LogP contribution in [0.2, 0.25) is 0 Å². The van der Waals surface area contributed by atoms with Gasteiger partial charge in [0.25, 0.3) is 0 Å². The number of carbonyl (C=O) groups excluding carboxylic acids is 1. The molecule has 0 saturated heterocycles. The van der Waals surface area contributed by atoms with Crippen LogP contribution in [0.25, 0.3) is 0 Å². The Bertz CT molecular complexity index is 779. The van der Waals surface area contributed by atoms with Crippen LogP contribution in [-0.4, -0.2) is 29.3 Å². The van der Waals surface area contributed by atoms with Gasteiger partial charge in [0.2, 0.25) is 0 Å². The van der Waals surface area contributed by atoms with Crippen LogP contribution in [0.5, 0.6) is 0 Å². The summed E-state index contributed by atoms with van der Waals surface area (Å²) < 4.78 is 39.7. The zero-order valence-corrected chi connectivity index (χ0v) is 14.3. The van der Waals surface area contributed by atoms with Crippen molar-refractivity contribution in [3.8, 4) is 0 Å². The zero-order valence-electron chi connectivity index (χ0n) is 14.3. The highest BCUT2D eigenvalue weighted by molar-refractivity contribution is 5.89. The molecule has 0 spiro atoms. The van der Waals surface area contributed by atoms with E-state index in [0.717, 1.165) is 0 Å². The van der Waals surface area contributed by atoms with Crippen LogP contribution >= 0.6 is 0 Å². The highest BCUT2D eigenvalue weighted by Crippen LogP contribution is 2.23. The molecule has 27 heavy (non-hydrogen) atoms. The van der Waals surface area contributed by atoms with Gasteiger partial charge in [0.15, 0.2) is 0 Å². The summed E-state index contributed by atoms with van der Waals surface area (Å²) in [5, 5.41) is 13.0. The van der Waals surface area contributed by atoms with Crippen LogP contribution in [-0.2, 0) is 17.6 Å². The number of urea groups is 1. The number of hydrogen-bond acceptors (Lipinski definition) is 2. The predicted molar refractivity (Wildman–Crippen MR) is 94.5 cm³/mol. The third kappa shape index (κ3) is 7.01. The van der Waals surface area contributed by atoms with Gasteiger partial charge in [0, 0.05) is 18.5 Å². The predicted octanol–water partition coefficient (Wildman–Crippen LogP) is 4.00. The van der Waals surface area contributed by atoms with Crippen molar-refractivity contribution in [2.45, 2.75) is 31.5 Å². The molecule has 0 aliphatic rings. The highest BCUT2D eigenvalue weighted by Gasteiger charge is 2.40. The molecule has 2 amide bonds. The number of aliphatic carboxylic acids is 1. The minimum atomic E-state index is -4.60. The van der Waals surface area contributed by atoms with Gasteiger partial charge in [-0.2, -0.15) is 13.2 Å². The van der Waals surface area contributed by atoms with Gasteiger partial charge in [-0.3, -0.25) is 4.79 Å². The monoisotopic (exact) mass is 380 g/mol. The molecule has 5 nitrogen and oxygen atoms in total. The van der Waals surface area contributed by atoms with Crippen LogP contribution in [0.3, 0.4) is 0 Å². The van der Waals surface area contributed by atoms with Crippen molar-refractivity contribution in [3.63, 3.8) is 0 Å². The third-order valence-electron chi connectivity index (χ3n) is 3.80. The Labute approximate surface area is 154 Å². The summed E-state index contributed by atoms with van der Waals surface area (Å²) in [6, 6.07) is 11.4. The molecule has 0 heterocycles. The number of benzene rings is 2. The molecular weight excluding hydrogens is 361 g/mol. The van der Waals surface area contributed by atoms with Crippen LogP contribution in [0.15, 0.2) is 54.6 Å². The maximum atomic E-state index is 13.2. The fourth-order valence-corrected chi connectivity index (χ4v) is 2.48. The number of nitrogens with one attached hydrogen (secondary N) is 2. The minimum absolute atomic E-state index is 0.0805. The van der Waals surface area contributed by atoms with Gasteiger partial charge in [-0.1, -0.05) is 42.5 Å². The van der Waals surface area contributed by atoms with Crippen LogP contribution in [0.1, 0.15) is 17.5 Å². The lowest BCUT2D eigenvalue weighted by Gasteiger charge is -2.22. The summed E-state index contributed by atoms with van der Waals surface area (Å²) in [6.07, 6.45) is -4.80. The molecule has 144 valence electrons. The van der Waals surface area contributed by atoms with Crippen molar-refractivity contribution >= 4 is 17.7 Å². The standard InChI is InChI=1S/C19H19F3N2O3/c20-19(21,22)16(12-13-5-2-1-3-6-13)24-18(27)23-15-8-4-7-14(11-15)9-10-17(25)26/h1-8,11,16H,9-10,12H2,(H,25,26)(H2,23,24,27). The van der Waals surface area contributed by atoms with Gasteiger partial charge in [0.1, 0.15) is 6.04 Å². The average Bonchev–Trinajstić information content (AvgIpc) is 2.60. The maximum Gasteiger partial charge on any atom is 0.408 e. The minimum Gasteiger partial charge on any atom is -0.481 e. The number of anilines is 1. The molecule has 0 aromatic heterocycles. The van der Waals surface area contributed by atoms with Crippen molar-refractivity contribution in [2.75, 3.05) is 5.32 Å². The number of rotatable bonds is 7. The normalized spacial score (nSPS) is 12.3. The SMILES string of the molecule is O=C(O)CCc1cccc(NC(=O)NC(Cc2ccccc2)C(F)(F)F)c1. The number of aryl methyl sites for hydroxylation is 1. The lowest BCUT2D eigenvalue weighted by molar-refractivity contribution is -0.152. The summed E-state index contributed by atoms with van der Waals surface area (Å²) in [5.74, 6) is -0.958. The van der Waals surface area contributed by atoms with E-state index in [1.54, 1.807) is 42.5 Å². The van der Waals surface area contributed by atoms with Gasteiger partial charge in [-0.05, 0) is 29.7 Å². The van der Waals surface area contributed by atoms with Crippen LogP contribution in [0, 0.1) is 0 Å². The van der Waals surface area contributed by atoms with Gasteiger partial charge >= 0.3 is 18.2 Å². The number of hydrogen-bond donors (Lipinski definition) is 3. The maximum absolute atomic E-state index is 13.2. The van der Waals surface area contributed by atoms with E-state index in [2.05, 4.69) is 5.32 Å². The van der Waals surface area contributed by atoms with Crippen molar-refractivity contribution in [3.05, 3.63) is 65.7 Å². The average molecular weight is 380 g/mol. The third-order valence-corrected chi connectivity index (χ3v) is 3.80. The Morgan fingerprint density at radius 3 is 2.30 bits per heavy atom. The molecule has 0 radical (unpaired) electrons. The molecule has 1 atom stereocenters. The largest absolute Gasteiger partial charge is 0.481 e. The molecule has 0 saturated carbocycles. The summed E-state index contributed by atoms with van der Waals surface area (Å²) >= 11 is 0. The molecule has 0 fully saturated rings. The molecule has 2 aromatic rings. The van der Waals surface area contributed by atoms with E-state index in [-0.39, 0.29) is 24.9 Å². The van der Waals surface area contributed by atoms with E-state index in [0.29, 0.717) is 11.1 Å². The summed E-state index contributed by atoms with van der Waals surface area (Å²) in [6.45, 7) is 0. The lowest BCUT2D eigenvalue weighted by atomic mass is 10.1. The fourth-order valence-electron chi connectivity index (χ4n) is 2.48. The van der Waals surface area contributed by atoms with Gasteiger partial charge in [0.05, 0.1) is 0 Å². The van der Waals surface area contributed by atoms with Gasteiger partial charge in [-0.15, -0.1) is 0 Å². The lowest BCUT2D eigenvalue weighted by Crippen LogP contribution is -2.48. The second-order valence-electron chi connectivity index (χ2n) is 5.98. The first-order valence-electron chi connectivity index (χ1n) is 8.23. The summed E-state index contributed by atoms with van der Waals surface area (Å²) in [4.78, 5) is 22.6. The summed E-state index contributed by atoms with van der Waals surface area (Å²) in [5.41, 5.74) is 1.40. The number of carboxylic acid groups (broad SMARTS) is 1. The number of carbonyl (C=O) groups is 2. The van der Waals surface area contributed by atoms with Crippen molar-refractivity contribution in [1.82, 2.24) is 5.32 Å². The Kier molecular flexibility index (Phi) is 6.81. The molecule has 1 unspecified atom stereocenters. The summed E-state index contributed by atoms with van der Waals surface area (Å²) in [7, 11) is 0. The van der Waals surface area contributed by atoms with E-state index in [1.165, 1.54) is 12.1 Å². The first-order chi connectivity index (χ1) is 12.7.